The second kappa shape index (κ2) is 9.12. The van der Waals surface area contributed by atoms with Crippen molar-refractivity contribution in [2.24, 2.45) is 5.73 Å². The zero-order chi connectivity index (χ0) is 16.1. The maximum atomic E-state index is 13.1. The number of rotatable bonds is 5. The standard InChI is InChI=1S/C15H21F2N3O2.ClH/c1-22-12-4-5-20(11(7-12)8-18)9-15(21)19-10-2-3-13(16)14(17)6-10;/h2-3,6,11-12H,4-5,7-9,18H2,1H3,(H,19,21);1H. The van der Waals surface area contributed by atoms with E-state index in [1.165, 1.54) is 6.07 Å². The predicted molar refractivity (Wildman–Crippen MR) is 86.7 cm³/mol. The van der Waals surface area contributed by atoms with Crippen LogP contribution in [0.4, 0.5) is 14.5 Å². The van der Waals surface area contributed by atoms with Gasteiger partial charge in [-0.1, -0.05) is 0 Å². The third kappa shape index (κ3) is 5.39. The fourth-order valence-corrected chi connectivity index (χ4v) is 2.69. The van der Waals surface area contributed by atoms with E-state index in [4.69, 9.17) is 10.5 Å². The molecule has 23 heavy (non-hydrogen) atoms. The molecule has 1 heterocycles. The van der Waals surface area contributed by atoms with Crippen LogP contribution in [0.5, 0.6) is 0 Å². The number of benzene rings is 1. The molecule has 8 heteroatoms. The minimum atomic E-state index is -0.987. The lowest BCUT2D eigenvalue weighted by atomic mass is 9.99. The van der Waals surface area contributed by atoms with E-state index >= 15 is 0 Å². The van der Waals surface area contributed by atoms with Crippen molar-refractivity contribution in [2.45, 2.75) is 25.0 Å². The minimum absolute atomic E-state index is 0. The predicted octanol–water partition coefficient (Wildman–Crippen LogP) is 1.76. The minimum Gasteiger partial charge on any atom is -0.381 e. The number of nitrogens with zero attached hydrogens (tertiary/aromatic N) is 1. The lowest BCUT2D eigenvalue weighted by Gasteiger charge is -2.37. The monoisotopic (exact) mass is 349 g/mol. The number of anilines is 1. The van der Waals surface area contributed by atoms with Crippen molar-refractivity contribution in [3.63, 3.8) is 0 Å². The Morgan fingerprint density at radius 1 is 1.43 bits per heavy atom. The van der Waals surface area contributed by atoms with Gasteiger partial charge in [0.25, 0.3) is 0 Å². The highest BCUT2D eigenvalue weighted by Gasteiger charge is 2.28. The quantitative estimate of drug-likeness (QED) is 0.850. The first-order valence-electron chi connectivity index (χ1n) is 7.25. The molecule has 1 fully saturated rings. The molecule has 1 aromatic rings. The molecule has 130 valence electrons. The van der Waals surface area contributed by atoms with Crippen LogP contribution in [0.3, 0.4) is 0 Å². The van der Waals surface area contributed by atoms with Crippen molar-refractivity contribution in [3.8, 4) is 0 Å². The van der Waals surface area contributed by atoms with Crippen molar-refractivity contribution >= 4 is 24.0 Å². The van der Waals surface area contributed by atoms with Crippen molar-refractivity contribution in [3.05, 3.63) is 29.8 Å². The van der Waals surface area contributed by atoms with Gasteiger partial charge in [-0.3, -0.25) is 9.69 Å². The molecule has 0 radical (unpaired) electrons. The first-order chi connectivity index (χ1) is 10.5. The van der Waals surface area contributed by atoms with Crippen LogP contribution in [0.25, 0.3) is 0 Å². The van der Waals surface area contributed by atoms with Crippen LogP contribution in [0.2, 0.25) is 0 Å². The highest BCUT2D eigenvalue weighted by atomic mass is 35.5. The molecule has 3 N–H and O–H groups in total. The molecule has 1 aliphatic rings. The molecule has 1 amide bonds. The van der Waals surface area contributed by atoms with Gasteiger partial charge in [-0.2, -0.15) is 0 Å². The number of ether oxygens (including phenoxy) is 1. The number of amides is 1. The van der Waals surface area contributed by atoms with Gasteiger partial charge in [-0.15, -0.1) is 12.4 Å². The third-order valence-corrected chi connectivity index (χ3v) is 3.95. The Balaban J connectivity index is 0.00000264. The summed E-state index contributed by atoms with van der Waals surface area (Å²) < 4.78 is 31.3. The number of carbonyl (C=O) groups excluding carboxylic acids is 1. The van der Waals surface area contributed by atoms with E-state index < -0.39 is 11.6 Å². The number of nitrogens with one attached hydrogen (secondary N) is 1. The van der Waals surface area contributed by atoms with Crippen molar-refractivity contribution in [1.29, 1.82) is 0 Å². The van der Waals surface area contributed by atoms with Crippen LogP contribution >= 0.6 is 12.4 Å². The number of carbonyl (C=O) groups is 1. The van der Waals surface area contributed by atoms with E-state index in [2.05, 4.69) is 5.32 Å². The molecule has 0 aromatic heterocycles. The van der Waals surface area contributed by atoms with Gasteiger partial charge in [0.2, 0.25) is 5.91 Å². The second-order valence-corrected chi connectivity index (χ2v) is 5.42. The summed E-state index contributed by atoms with van der Waals surface area (Å²) in [6.45, 7) is 1.32. The van der Waals surface area contributed by atoms with E-state index in [9.17, 15) is 13.6 Å². The van der Waals surface area contributed by atoms with E-state index in [0.717, 1.165) is 25.0 Å². The number of piperidine rings is 1. The lowest BCUT2D eigenvalue weighted by molar-refractivity contribution is -0.118. The van der Waals surface area contributed by atoms with Crippen molar-refractivity contribution < 1.29 is 18.3 Å². The van der Waals surface area contributed by atoms with Crippen LogP contribution in [0, 0.1) is 11.6 Å². The highest BCUT2D eigenvalue weighted by Crippen LogP contribution is 2.19. The molecule has 0 saturated carbocycles. The number of likely N-dealkylation sites (tertiary alicyclic amines) is 1. The van der Waals surface area contributed by atoms with Crippen LogP contribution in [-0.4, -0.2) is 49.7 Å². The number of nitrogens with two attached hydrogens (primary N) is 1. The summed E-state index contributed by atoms with van der Waals surface area (Å²) in [7, 11) is 1.67. The molecule has 2 rings (SSSR count). The molecular weight excluding hydrogens is 328 g/mol. The van der Waals surface area contributed by atoms with Gasteiger partial charge in [0.05, 0.1) is 12.6 Å². The van der Waals surface area contributed by atoms with Gasteiger partial charge >= 0.3 is 0 Å². The first kappa shape index (κ1) is 19.8. The molecule has 0 spiro atoms. The fraction of sp³-hybridized carbons (Fsp3) is 0.533. The molecule has 0 bridgehead atoms. The molecule has 5 nitrogen and oxygen atoms in total. The van der Waals surface area contributed by atoms with Crippen LogP contribution in [0.1, 0.15) is 12.8 Å². The summed E-state index contributed by atoms with van der Waals surface area (Å²) in [5, 5.41) is 2.57. The molecular formula is C15H22ClF2N3O2. The van der Waals surface area contributed by atoms with E-state index in [0.29, 0.717) is 13.1 Å². The van der Waals surface area contributed by atoms with Crippen LogP contribution in [0.15, 0.2) is 18.2 Å². The van der Waals surface area contributed by atoms with E-state index in [1.54, 1.807) is 7.11 Å². The topological polar surface area (TPSA) is 67.6 Å². The van der Waals surface area contributed by atoms with E-state index in [-0.39, 0.29) is 42.7 Å². The average Bonchev–Trinajstić information content (AvgIpc) is 2.51. The average molecular weight is 350 g/mol. The number of hydrogen-bond acceptors (Lipinski definition) is 4. The van der Waals surface area contributed by atoms with Gasteiger partial charge in [0, 0.05) is 38.0 Å². The van der Waals surface area contributed by atoms with Crippen LogP contribution in [-0.2, 0) is 9.53 Å². The Labute approximate surface area is 140 Å². The Kier molecular flexibility index (Phi) is 7.84. The second-order valence-electron chi connectivity index (χ2n) is 5.42. The largest absolute Gasteiger partial charge is 0.381 e. The summed E-state index contributed by atoms with van der Waals surface area (Å²) in [4.78, 5) is 14.0. The maximum Gasteiger partial charge on any atom is 0.238 e. The Morgan fingerprint density at radius 2 is 2.17 bits per heavy atom. The number of methoxy groups -OCH3 is 1. The Morgan fingerprint density at radius 3 is 2.78 bits per heavy atom. The molecule has 2 atom stereocenters. The normalized spacial score (nSPS) is 21.6. The molecule has 1 aromatic carbocycles. The van der Waals surface area contributed by atoms with Gasteiger partial charge < -0.3 is 15.8 Å². The zero-order valence-electron chi connectivity index (χ0n) is 12.9. The number of halogens is 3. The fourth-order valence-electron chi connectivity index (χ4n) is 2.69. The third-order valence-electron chi connectivity index (χ3n) is 3.95. The van der Waals surface area contributed by atoms with Gasteiger partial charge in [0.1, 0.15) is 0 Å². The first-order valence-corrected chi connectivity index (χ1v) is 7.25. The SMILES string of the molecule is COC1CCN(CC(=O)Nc2ccc(F)c(F)c2)C(CN)C1.Cl. The summed E-state index contributed by atoms with van der Waals surface area (Å²) in [5.74, 6) is -2.21. The molecule has 1 saturated heterocycles. The summed E-state index contributed by atoms with van der Waals surface area (Å²) in [6.07, 6.45) is 1.79. The van der Waals surface area contributed by atoms with E-state index in [1.807, 2.05) is 4.90 Å². The molecule has 2 unspecified atom stereocenters. The Bertz CT molecular complexity index is 533. The summed E-state index contributed by atoms with van der Waals surface area (Å²) >= 11 is 0. The van der Waals surface area contributed by atoms with Crippen molar-refractivity contribution in [2.75, 3.05) is 32.1 Å². The van der Waals surface area contributed by atoms with Crippen molar-refractivity contribution in [1.82, 2.24) is 4.90 Å². The number of hydrogen-bond donors (Lipinski definition) is 2. The van der Waals surface area contributed by atoms with Gasteiger partial charge in [0.15, 0.2) is 11.6 Å². The van der Waals surface area contributed by atoms with Gasteiger partial charge in [-0.05, 0) is 25.0 Å². The smallest absolute Gasteiger partial charge is 0.238 e. The van der Waals surface area contributed by atoms with Gasteiger partial charge in [-0.25, -0.2) is 8.78 Å². The lowest BCUT2D eigenvalue weighted by Crippen LogP contribution is -2.50. The summed E-state index contributed by atoms with van der Waals surface area (Å²) in [6, 6.07) is 3.35. The maximum absolute atomic E-state index is 13.1. The Hall–Kier alpha value is -1.28. The summed E-state index contributed by atoms with van der Waals surface area (Å²) in [5.41, 5.74) is 5.99. The molecule has 0 aliphatic carbocycles. The van der Waals surface area contributed by atoms with Crippen LogP contribution < -0.4 is 11.1 Å². The zero-order valence-corrected chi connectivity index (χ0v) is 13.7. The molecule has 1 aliphatic heterocycles. The highest BCUT2D eigenvalue weighted by molar-refractivity contribution is 5.92.